The predicted octanol–water partition coefficient (Wildman–Crippen LogP) is 4.17. The summed E-state index contributed by atoms with van der Waals surface area (Å²) in [4.78, 5) is 1.08. The van der Waals surface area contributed by atoms with Gasteiger partial charge in [-0.15, -0.1) is 24.2 Å². The molecule has 1 aromatic carbocycles. The fourth-order valence-corrected chi connectivity index (χ4v) is 1.75. The zero-order chi connectivity index (χ0) is 12.2. The molecule has 2 N–H and O–H groups in total. The van der Waals surface area contributed by atoms with Crippen molar-refractivity contribution in [2.75, 3.05) is 6.26 Å². The molecule has 6 heteroatoms. The summed E-state index contributed by atoms with van der Waals surface area (Å²) >= 11 is 1.59. The second kappa shape index (κ2) is 7.13. The zero-order valence-corrected chi connectivity index (χ0v) is 11.0. The largest absolute Gasteiger partial charge is 0.389 e. The number of alkyl halides is 3. The van der Waals surface area contributed by atoms with Gasteiger partial charge in [0.2, 0.25) is 0 Å². The highest BCUT2D eigenvalue weighted by Crippen LogP contribution is 2.27. The Labute approximate surface area is 109 Å². The Bertz CT molecular complexity index is 326. The minimum absolute atomic E-state index is 0. The smallest absolute Gasteiger partial charge is 0.324 e. The van der Waals surface area contributed by atoms with E-state index in [1.807, 2.05) is 18.4 Å². The van der Waals surface area contributed by atoms with Crippen molar-refractivity contribution in [2.45, 2.75) is 30.0 Å². The normalized spacial score (nSPS) is 13.0. The van der Waals surface area contributed by atoms with E-state index in [2.05, 4.69) is 0 Å². The molecule has 0 saturated carbocycles. The molecular weight excluding hydrogens is 271 g/mol. The maximum absolute atomic E-state index is 12.0. The van der Waals surface area contributed by atoms with Gasteiger partial charge < -0.3 is 5.73 Å². The van der Waals surface area contributed by atoms with Gasteiger partial charge in [-0.2, -0.15) is 13.2 Å². The highest BCUT2D eigenvalue weighted by molar-refractivity contribution is 7.98. The van der Waals surface area contributed by atoms with Crippen molar-refractivity contribution in [3.63, 3.8) is 0 Å². The van der Waals surface area contributed by atoms with E-state index in [9.17, 15) is 13.2 Å². The fourth-order valence-electron chi connectivity index (χ4n) is 1.34. The molecule has 0 aromatic heterocycles. The van der Waals surface area contributed by atoms with Crippen LogP contribution in [0.25, 0.3) is 0 Å². The van der Waals surface area contributed by atoms with Gasteiger partial charge in [-0.3, -0.25) is 0 Å². The Morgan fingerprint density at radius 1 is 1.24 bits per heavy atom. The van der Waals surface area contributed by atoms with Gasteiger partial charge in [0.05, 0.1) is 0 Å². The van der Waals surface area contributed by atoms with Gasteiger partial charge in [0.25, 0.3) is 0 Å². The van der Waals surface area contributed by atoms with Crippen molar-refractivity contribution in [2.24, 2.45) is 5.73 Å². The number of rotatable bonds is 4. The van der Waals surface area contributed by atoms with Crippen LogP contribution >= 0.6 is 24.2 Å². The Kier molecular flexibility index (Phi) is 6.97. The van der Waals surface area contributed by atoms with E-state index in [0.717, 1.165) is 10.5 Å². The van der Waals surface area contributed by atoms with E-state index >= 15 is 0 Å². The quantitative estimate of drug-likeness (QED) is 0.840. The maximum Gasteiger partial charge on any atom is 0.389 e. The van der Waals surface area contributed by atoms with E-state index in [0.29, 0.717) is 0 Å². The number of hydrogen-bond donors (Lipinski definition) is 1. The molecule has 0 unspecified atom stereocenters. The standard InChI is InChI=1S/C11H14F3NS.ClH/c1-16-9-4-2-8(3-5-9)10(15)6-7-11(12,13)14;/h2-5,10H,6-7,15H2,1H3;1H/t10-;/m0./s1. The van der Waals surface area contributed by atoms with Gasteiger partial charge in [-0.25, -0.2) is 0 Å². The third-order valence-corrected chi connectivity index (χ3v) is 3.03. The van der Waals surface area contributed by atoms with Crippen LogP contribution in [0.15, 0.2) is 29.2 Å². The molecule has 98 valence electrons. The third-order valence-electron chi connectivity index (χ3n) is 2.28. The fraction of sp³-hybridized carbons (Fsp3) is 0.455. The number of hydrogen-bond acceptors (Lipinski definition) is 2. The molecule has 0 radical (unpaired) electrons. The Balaban J connectivity index is 0.00000256. The van der Waals surface area contributed by atoms with Gasteiger partial charge in [0.15, 0.2) is 0 Å². The monoisotopic (exact) mass is 285 g/mol. The van der Waals surface area contributed by atoms with Gasteiger partial charge in [0.1, 0.15) is 0 Å². The van der Waals surface area contributed by atoms with E-state index in [4.69, 9.17) is 5.73 Å². The van der Waals surface area contributed by atoms with Crippen molar-refractivity contribution in [1.29, 1.82) is 0 Å². The molecule has 1 atom stereocenters. The average molecular weight is 286 g/mol. The van der Waals surface area contributed by atoms with Crippen LogP contribution in [0.1, 0.15) is 24.4 Å². The molecule has 0 spiro atoms. The van der Waals surface area contributed by atoms with Crippen molar-refractivity contribution in [1.82, 2.24) is 0 Å². The molecule has 0 aliphatic heterocycles. The third kappa shape index (κ3) is 6.19. The van der Waals surface area contributed by atoms with Gasteiger partial charge in [-0.05, 0) is 30.4 Å². The molecule has 0 saturated heterocycles. The van der Waals surface area contributed by atoms with Crippen molar-refractivity contribution in [3.05, 3.63) is 29.8 Å². The highest BCUT2D eigenvalue weighted by Gasteiger charge is 2.27. The van der Waals surface area contributed by atoms with E-state index in [1.165, 1.54) is 0 Å². The molecule has 0 fully saturated rings. The summed E-state index contributed by atoms with van der Waals surface area (Å²) in [5.41, 5.74) is 6.44. The minimum Gasteiger partial charge on any atom is -0.324 e. The van der Waals surface area contributed by atoms with Crippen LogP contribution in [-0.2, 0) is 0 Å². The van der Waals surface area contributed by atoms with Crippen LogP contribution in [0.4, 0.5) is 13.2 Å². The number of halogens is 4. The predicted molar refractivity (Wildman–Crippen MR) is 67.7 cm³/mol. The van der Waals surface area contributed by atoms with E-state index in [1.54, 1.807) is 23.9 Å². The molecule has 0 amide bonds. The van der Waals surface area contributed by atoms with Crippen molar-refractivity contribution < 1.29 is 13.2 Å². The first-order valence-corrected chi connectivity index (χ1v) is 6.11. The summed E-state index contributed by atoms with van der Waals surface area (Å²) in [5.74, 6) is 0. The van der Waals surface area contributed by atoms with Crippen LogP contribution in [-0.4, -0.2) is 12.4 Å². The Hall–Kier alpha value is -0.390. The zero-order valence-electron chi connectivity index (χ0n) is 9.33. The lowest BCUT2D eigenvalue weighted by molar-refractivity contribution is -0.136. The summed E-state index contributed by atoms with van der Waals surface area (Å²) in [6.07, 6.45) is -3.09. The summed E-state index contributed by atoms with van der Waals surface area (Å²) < 4.78 is 36.0. The van der Waals surface area contributed by atoms with Gasteiger partial charge in [-0.1, -0.05) is 12.1 Å². The molecule has 1 aromatic rings. The van der Waals surface area contributed by atoms with Crippen LogP contribution in [0.2, 0.25) is 0 Å². The molecule has 0 heterocycles. The second-order valence-electron chi connectivity index (χ2n) is 3.53. The summed E-state index contributed by atoms with van der Waals surface area (Å²) in [5, 5.41) is 0. The molecule has 17 heavy (non-hydrogen) atoms. The van der Waals surface area contributed by atoms with Crippen LogP contribution < -0.4 is 5.73 Å². The molecule has 0 bridgehead atoms. The molecule has 0 aliphatic rings. The van der Waals surface area contributed by atoms with E-state index in [-0.39, 0.29) is 18.8 Å². The van der Waals surface area contributed by atoms with Crippen molar-refractivity contribution >= 4 is 24.2 Å². The minimum atomic E-state index is -4.13. The topological polar surface area (TPSA) is 26.0 Å². The van der Waals surface area contributed by atoms with Gasteiger partial charge in [0, 0.05) is 17.4 Å². The molecule has 1 nitrogen and oxygen atoms in total. The number of nitrogens with two attached hydrogens (primary N) is 1. The van der Waals surface area contributed by atoms with E-state index < -0.39 is 18.6 Å². The Morgan fingerprint density at radius 3 is 2.18 bits per heavy atom. The lowest BCUT2D eigenvalue weighted by atomic mass is 10.0. The summed E-state index contributed by atoms with van der Waals surface area (Å²) in [6, 6.07) is 6.76. The summed E-state index contributed by atoms with van der Waals surface area (Å²) in [7, 11) is 0. The first-order valence-electron chi connectivity index (χ1n) is 4.88. The molecule has 0 aliphatic carbocycles. The van der Waals surface area contributed by atoms with Gasteiger partial charge >= 0.3 is 6.18 Å². The van der Waals surface area contributed by atoms with Crippen LogP contribution in [0, 0.1) is 0 Å². The molecular formula is C11H15ClF3NS. The number of thioether (sulfide) groups is 1. The number of benzene rings is 1. The van der Waals surface area contributed by atoms with Crippen molar-refractivity contribution in [3.8, 4) is 0 Å². The molecule has 1 rings (SSSR count). The first kappa shape index (κ1) is 16.6. The average Bonchev–Trinajstić information content (AvgIpc) is 2.25. The van der Waals surface area contributed by atoms with Crippen LogP contribution in [0.3, 0.4) is 0 Å². The maximum atomic E-state index is 12.0. The Morgan fingerprint density at radius 2 is 1.76 bits per heavy atom. The lowest BCUT2D eigenvalue weighted by Crippen LogP contribution is -2.15. The lowest BCUT2D eigenvalue weighted by Gasteiger charge is -2.13. The highest BCUT2D eigenvalue weighted by atomic mass is 35.5. The van der Waals surface area contributed by atoms with Crippen LogP contribution in [0.5, 0.6) is 0 Å². The summed E-state index contributed by atoms with van der Waals surface area (Å²) in [6.45, 7) is 0. The second-order valence-corrected chi connectivity index (χ2v) is 4.41. The SMILES string of the molecule is CSc1ccc([C@@H](N)CCC(F)(F)F)cc1.Cl. The first-order chi connectivity index (χ1) is 7.42.